The summed E-state index contributed by atoms with van der Waals surface area (Å²) in [5.74, 6) is 0.0759. The van der Waals surface area contributed by atoms with Crippen molar-refractivity contribution in [1.29, 1.82) is 0 Å². The monoisotopic (exact) mass is 368 g/mol. The Morgan fingerprint density at radius 3 is 2.69 bits per heavy atom. The topological polar surface area (TPSA) is 49.4 Å². The molecular formula is C21H24N2O2S. The molecule has 26 heavy (non-hydrogen) atoms. The molecule has 1 aliphatic rings. The van der Waals surface area contributed by atoms with Gasteiger partial charge in [-0.1, -0.05) is 42.5 Å². The lowest BCUT2D eigenvalue weighted by Crippen LogP contribution is -2.48. The Labute approximate surface area is 158 Å². The van der Waals surface area contributed by atoms with Gasteiger partial charge in [0.15, 0.2) is 0 Å². The molecule has 4 nitrogen and oxygen atoms in total. The van der Waals surface area contributed by atoms with Crippen LogP contribution in [0.5, 0.6) is 0 Å². The SMILES string of the molecule is C=CCNC(=O)[C@@H]1C[C@@H](c2ccccc2)CN(C(=O)Cc2cccs2)C1. The predicted molar refractivity (Wildman–Crippen MR) is 105 cm³/mol. The van der Waals surface area contributed by atoms with E-state index < -0.39 is 0 Å². The molecule has 1 aromatic carbocycles. The lowest BCUT2D eigenvalue weighted by Gasteiger charge is -2.37. The molecule has 5 heteroatoms. The van der Waals surface area contributed by atoms with Crippen molar-refractivity contribution in [3.05, 3.63) is 70.9 Å². The van der Waals surface area contributed by atoms with Crippen LogP contribution >= 0.6 is 11.3 Å². The van der Waals surface area contributed by atoms with Gasteiger partial charge in [-0.25, -0.2) is 0 Å². The third kappa shape index (κ3) is 4.61. The van der Waals surface area contributed by atoms with E-state index in [-0.39, 0.29) is 23.7 Å². The van der Waals surface area contributed by atoms with Gasteiger partial charge in [0.25, 0.3) is 0 Å². The highest BCUT2D eigenvalue weighted by Gasteiger charge is 2.34. The number of hydrogen-bond donors (Lipinski definition) is 1. The Hall–Kier alpha value is -2.40. The first-order valence-electron chi connectivity index (χ1n) is 8.91. The summed E-state index contributed by atoms with van der Waals surface area (Å²) < 4.78 is 0. The fourth-order valence-electron chi connectivity index (χ4n) is 3.45. The molecule has 2 heterocycles. The highest BCUT2D eigenvalue weighted by Crippen LogP contribution is 2.31. The number of piperidine rings is 1. The number of carbonyl (C=O) groups excluding carboxylic acids is 2. The number of amides is 2. The lowest BCUT2D eigenvalue weighted by atomic mass is 9.84. The molecule has 3 rings (SSSR count). The number of thiophene rings is 1. The van der Waals surface area contributed by atoms with Gasteiger partial charge >= 0.3 is 0 Å². The third-order valence-electron chi connectivity index (χ3n) is 4.77. The number of rotatable bonds is 6. The van der Waals surface area contributed by atoms with Crippen molar-refractivity contribution in [2.24, 2.45) is 5.92 Å². The Morgan fingerprint density at radius 1 is 1.19 bits per heavy atom. The molecule has 1 saturated heterocycles. The van der Waals surface area contributed by atoms with Crippen LogP contribution in [-0.4, -0.2) is 36.3 Å². The fraction of sp³-hybridized carbons (Fsp3) is 0.333. The molecule has 0 aliphatic carbocycles. The van der Waals surface area contributed by atoms with E-state index in [1.807, 2.05) is 40.6 Å². The van der Waals surface area contributed by atoms with Crippen LogP contribution in [0.1, 0.15) is 22.8 Å². The molecule has 2 atom stereocenters. The van der Waals surface area contributed by atoms with Crippen LogP contribution in [0.25, 0.3) is 0 Å². The molecule has 0 radical (unpaired) electrons. The van der Waals surface area contributed by atoms with E-state index in [9.17, 15) is 9.59 Å². The predicted octanol–water partition coefficient (Wildman–Crippen LogP) is 3.23. The molecule has 2 amide bonds. The van der Waals surface area contributed by atoms with Gasteiger partial charge in [-0.2, -0.15) is 0 Å². The quantitative estimate of drug-likeness (QED) is 0.796. The summed E-state index contributed by atoms with van der Waals surface area (Å²) in [7, 11) is 0. The Morgan fingerprint density at radius 2 is 2.00 bits per heavy atom. The fourth-order valence-corrected chi connectivity index (χ4v) is 4.15. The van der Waals surface area contributed by atoms with Gasteiger partial charge in [0.05, 0.1) is 12.3 Å². The zero-order valence-corrected chi connectivity index (χ0v) is 15.6. The molecule has 2 aromatic rings. The Kier molecular flexibility index (Phi) is 6.23. The summed E-state index contributed by atoms with van der Waals surface area (Å²) in [4.78, 5) is 28.3. The summed E-state index contributed by atoms with van der Waals surface area (Å²) in [6.07, 6.45) is 2.84. The first-order valence-corrected chi connectivity index (χ1v) is 9.79. The normalized spacial score (nSPS) is 19.8. The van der Waals surface area contributed by atoms with E-state index in [4.69, 9.17) is 0 Å². The number of benzene rings is 1. The van der Waals surface area contributed by atoms with Crippen LogP contribution in [0.2, 0.25) is 0 Å². The first-order chi connectivity index (χ1) is 12.7. The van der Waals surface area contributed by atoms with Crippen LogP contribution in [-0.2, 0) is 16.0 Å². The maximum Gasteiger partial charge on any atom is 0.227 e. The highest BCUT2D eigenvalue weighted by atomic mass is 32.1. The maximum atomic E-state index is 12.8. The van der Waals surface area contributed by atoms with Gasteiger partial charge in [0.2, 0.25) is 11.8 Å². The second-order valence-electron chi connectivity index (χ2n) is 6.63. The lowest BCUT2D eigenvalue weighted by molar-refractivity contribution is -0.135. The van der Waals surface area contributed by atoms with Crippen molar-refractivity contribution >= 4 is 23.2 Å². The minimum Gasteiger partial charge on any atom is -0.352 e. The number of likely N-dealkylation sites (tertiary alicyclic amines) is 1. The number of hydrogen-bond acceptors (Lipinski definition) is 3. The number of nitrogens with one attached hydrogen (secondary N) is 1. The van der Waals surface area contributed by atoms with Crippen LogP contribution < -0.4 is 5.32 Å². The molecule has 136 valence electrons. The van der Waals surface area contributed by atoms with Crippen molar-refractivity contribution in [2.45, 2.75) is 18.8 Å². The van der Waals surface area contributed by atoms with E-state index >= 15 is 0 Å². The van der Waals surface area contributed by atoms with Crippen molar-refractivity contribution in [3.8, 4) is 0 Å². The van der Waals surface area contributed by atoms with Crippen molar-refractivity contribution < 1.29 is 9.59 Å². The zero-order valence-electron chi connectivity index (χ0n) is 14.8. The van der Waals surface area contributed by atoms with Crippen LogP contribution in [0.3, 0.4) is 0 Å². The molecule has 0 spiro atoms. The van der Waals surface area contributed by atoms with Gasteiger partial charge in [-0.3, -0.25) is 9.59 Å². The highest BCUT2D eigenvalue weighted by molar-refractivity contribution is 7.10. The summed E-state index contributed by atoms with van der Waals surface area (Å²) in [5, 5.41) is 4.87. The number of nitrogens with zero attached hydrogens (tertiary/aromatic N) is 1. The van der Waals surface area contributed by atoms with Crippen molar-refractivity contribution in [1.82, 2.24) is 10.2 Å². The summed E-state index contributed by atoms with van der Waals surface area (Å²) >= 11 is 1.59. The molecular weight excluding hydrogens is 344 g/mol. The van der Waals surface area contributed by atoms with Gasteiger partial charge < -0.3 is 10.2 Å². The average Bonchev–Trinajstić information content (AvgIpc) is 3.19. The molecule has 1 aromatic heterocycles. The smallest absolute Gasteiger partial charge is 0.227 e. The van der Waals surface area contributed by atoms with Crippen molar-refractivity contribution in [3.63, 3.8) is 0 Å². The van der Waals surface area contributed by atoms with Gasteiger partial charge in [-0.15, -0.1) is 17.9 Å². The molecule has 0 bridgehead atoms. The van der Waals surface area contributed by atoms with Crippen LogP contribution in [0.4, 0.5) is 0 Å². The average molecular weight is 369 g/mol. The largest absolute Gasteiger partial charge is 0.352 e. The third-order valence-corrected chi connectivity index (χ3v) is 5.65. The molecule has 1 N–H and O–H groups in total. The molecule has 1 aliphatic heterocycles. The van der Waals surface area contributed by atoms with Gasteiger partial charge in [0, 0.05) is 30.4 Å². The van der Waals surface area contributed by atoms with Crippen LogP contribution in [0.15, 0.2) is 60.5 Å². The van der Waals surface area contributed by atoms with Gasteiger partial charge in [0.1, 0.15) is 0 Å². The standard InChI is InChI=1S/C21H24N2O2S/c1-2-10-22-21(25)18-12-17(16-7-4-3-5-8-16)14-23(15-18)20(24)13-19-9-6-11-26-19/h2-9,11,17-18H,1,10,12-15H2,(H,22,25)/t17-,18-/m1/s1. The molecule has 1 fully saturated rings. The second kappa shape index (κ2) is 8.81. The van der Waals surface area contributed by atoms with Crippen LogP contribution in [0, 0.1) is 5.92 Å². The van der Waals surface area contributed by atoms with E-state index in [0.717, 1.165) is 11.3 Å². The molecule has 0 saturated carbocycles. The van der Waals surface area contributed by atoms with Crippen molar-refractivity contribution in [2.75, 3.05) is 19.6 Å². The van der Waals surface area contributed by atoms with E-state index in [0.29, 0.717) is 26.1 Å². The van der Waals surface area contributed by atoms with E-state index in [1.54, 1.807) is 17.4 Å². The summed E-state index contributed by atoms with van der Waals surface area (Å²) in [6, 6.07) is 14.1. The van der Waals surface area contributed by atoms with Gasteiger partial charge in [-0.05, 0) is 23.4 Å². The Balaban J connectivity index is 1.75. The minimum absolute atomic E-state index is 0.000505. The van der Waals surface area contributed by atoms with E-state index in [1.165, 1.54) is 5.56 Å². The minimum atomic E-state index is -0.193. The Bertz CT molecular complexity index is 743. The number of carbonyl (C=O) groups is 2. The zero-order chi connectivity index (χ0) is 18.4. The summed E-state index contributed by atoms with van der Waals surface area (Å²) in [6.45, 7) is 5.25. The maximum absolute atomic E-state index is 12.8. The second-order valence-corrected chi connectivity index (χ2v) is 7.66. The molecule has 0 unspecified atom stereocenters. The summed E-state index contributed by atoms with van der Waals surface area (Å²) in [5.41, 5.74) is 1.18. The first kappa shape index (κ1) is 18.4. The van der Waals surface area contributed by atoms with E-state index in [2.05, 4.69) is 24.0 Å².